The van der Waals surface area contributed by atoms with E-state index < -0.39 is 11.7 Å². The number of rotatable bonds is 7. The van der Waals surface area contributed by atoms with Crippen molar-refractivity contribution in [3.05, 3.63) is 71.0 Å². The van der Waals surface area contributed by atoms with E-state index >= 15 is 0 Å². The first-order valence-corrected chi connectivity index (χ1v) is 9.77. The van der Waals surface area contributed by atoms with Crippen molar-refractivity contribution in [1.82, 2.24) is 15.5 Å². The predicted molar refractivity (Wildman–Crippen MR) is 116 cm³/mol. The zero-order valence-electron chi connectivity index (χ0n) is 16.7. The number of aliphatic imine (C=N–C) groups is 1. The number of hydrogen-bond donors (Lipinski definition) is 2. The van der Waals surface area contributed by atoms with Gasteiger partial charge in [-0.05, 0) is 41.8 Å². The maximum atomic E-state index is 13.5. The number of carbonyl (C=O) groups excluding carboxylic acids is 1. The smallest absolute Gasteiger partial charge is 0.256 e. The van der Waals surface area contributed by atoms with Crippen molar-refractivity contribution < 1.29 is 13.9 Å². The zero-order chi connectivity index (χ0) is 21.5. The second-order valence-corrected chi connectivity index (χ2v) is 7.37. The summed E-state index contributed by atoms with van der Waals surface area (Å²) in [7, 11) is 1.62. The average Bonchev–Trinajstić information content (AvgIpc) is 3.17. The molecule has 3 aromatic rings. The molecular weight excluding hydrogens is 407 g/mol. The highest BCUT2D eigenvalue weighted by Gasteiger charge is 2.14. The highest BCUT2D eigenvalue weighted by Crippen LogP contribution is 2.23. The largest absolute Gasteiger partial charge is 0.384 e. The Morgan fingerprint density at radius 1 is 1.27 bits per heavy atom. The third kappa shape index (κ3) is 5.98. The van der Waals surface area contributed by atoms with Crippen LogP contribution in [-0.4, -0.2) is 35.7 Å². The summed E-state index contributed by atoms with van der Waals surface area (Å²) in [5.41, 5.74) is 1.89. The van der Waals surface area contributed by atoms with Crippen LogP contribution in [0.15, 0.2) is 59.6 Å². The molecule has 1 heterocycles. The summed E-state index contributed by atoms with van der Waals surface area (Å²) in [4.78, 5) is 17.1. The number of aromatic nitrogens is 2. The standard InChI is InChI=1S/C22H22ClFN4O2/c1-14(13-30-2)10-20(26-22(29)16-4-3-5-18(24)11-16)25-21-12-19(27-28-21)15-6-8-17(23)9-7-15/h3-9,11-12,14H,10,13H2,1-2H3,(H2,25,26,27,28,29)/t14-/m1/s1. The topological polar surface area (TPSA) is 79.4 Å². The molecule has 0 aliphatic heterocycles. The van der Waals surface area contributed by atoms with Crippen LogP contribution in [0, 0.1) is 11.7 Å². The fourth-order valence-corrected chi connectivity index (χ4v) is 3.04. The Kier molecular flexibility index (Phi) is 7.32. The first-order valence-electron chi connectivity index (χ1n) is 9.39. The van der Waals surface area contributed by atoms with Gasteiger partial charge in [0.15, 0.2) is 5.82 Å². The molecule has 3 rings (SSSR count). The summed E-state index contributed by atoms with van der Waals surface area (Å²) in [5.74, 6) is 0.0263. The van der Waals surface area contributed by atoms with Crippen molar-refractivity contribution in [1.29, 1.82) is 0 Å². The van der Waals surface area contributed by atoms with Crippen LogP contribution in [0.2, 0.25) is 5.02 Å². The number of aromatic amines is 1. The van der Waals surface area contributed by atoms with Crippen molar-refractivity contribution in [2.24, 2.45) is 10.9 Å². The lowest BCUT2D eigenvalue weighted by Gasteiger charge is -2.13. The number of hydrogen-bond acceptors (Lipinski definition) is 4. The van der Waals surface area contributed by atoms with Crippen LogP contribution in [-0.2, 0) is 4.74 Å². The Hall–Kier alpha value is -3.03. The van der Waals surface area contributed by atoms with Gasteiger partial charge in [0.1, 0.15) is 11.7 Å². The van der Waals surface area contributed by atoms with Gasteiger partial charge in [-0.15, -0.1) is 0 Å². The van der Waals surface area contributed by atoms with Gasteiger partial charge in [0.2, 0.25) is 0 Å². The van der Waals surface area contributed by atoms with Crippen molar-refractivity contribution in [2.75, 3.05) is 13.7 Å². The number of amides is 1. The minimum absolute atomic E-state index is 0.108. The number of H-pyrrole nitrogens is 1. The fourth-order valence-electron chi connectivity index (χ4n) is 2.92. The number of nitrogens with one attached hydrogen (secondary N) is 2. The molecule has 0 aliphatic carbocycles. The van der Waals surface area contributed by atoms with Gasteiger partial charge in [-0.3, -0.25) is 9.89 Å². The fraction of sp³-hybridized carbons (Fsp3) is 0.227. The summed E-state index contributed by atoms with van der Waals surface area (Å²) in [5, 5.41) is 10.6. The first-order chi connectivity index (χ1) is 14.4. The van der Waals surface area contributed by atoms with E-state index in [0.717, 1.165) is 11.3 Å². The number of nitrogens with zero attached hydrogens (tertiary/aromatic N) is 2. The molecule has 0 bridgehead atoms. The summed E-state index contributed by atoms with van der Waals surface area (Å²) < 4.78 is 18.6. The number of amidine groups is 1. The average molecular weight is 429 g/mol. The quantitative estimate of drug-likeness (QED) is 0.410. The van der Waals surface area contributed by atoms with Gasteiger partial charge in [-0.2, -0.15) is 5.10 Å². The zero-order valence-corrected chi connectivity index (χ0v) is 17.4. The molecule has 0 fully saturated rings. The highest BCUT2D eigenvalue weighted by atomic mass is 35.5. The molecule has 6 nitrogen and oxygen atoms in total. The van der Waals surface area contributed by atoms with Crippen LogP contribution in [0.3, 0.4) is 0 Å². The van der Waals surface area contributed by atoms with Crippen LogP contribution in [0.1, 0.15) is 23.7 Å². The molecule has 0 saturated carbocycles. The van der Waals surface area contributed by atoms with Gasteiger partial charge in [0.25, 0.3) is 5.91 Å². The van der Waals surface area contributed by atoms with E-state index in [-0.39, 0.29) is 11.5 Å². The molecule has 8 heteroatoms. The van der Waals surface area contributed by atoms with Gasteiger partial charge < -0.3 is 10.1 Å². The Bertz CT molecular complexity index is 1030. The monoisotopic (exact) mass is 428 g/mol. The Morgan fingerprint density at radius 2 is 2.03 bits per heavy atom. The SMILES string of the molecule is COC[C@H](C)CC(=Nc1cc(-c2ccc(Cl)cc2)[nH]n1)NC(=O)c1cccc(F)c1. The van der Waals surface area contributed by atoms with Gasteiger partial charge in [-0.1, -0.05) is 36.7 Å². The number of halogens is 2. The van der Waals surface area contributed by atoms with Gasteiger partial charge in [0.05, 0.1) is 5.69 Å². The van der Waals surface area contributed by atoms with E-state index in [9.17, 15) is 9.18 Å². The van der Waals surface area contributed by atoms with Crippen LogP contribution in [0.4, 0.5) is 10.2 Å². The molecule has 0 unspecified atom stereocenters. The van der Waals surface area contributed by atoms with Gasteiger partial charge in [0, 0.05) is 36.8 Å². The number of methoxy groups -OCH3 is 1. The number of ether oxygens (including phenoxy) is 1. The molecule has 2 N–H and O–H groups in total. The van der Waals surface area contributed by atoms with E-state index in [4.69, 9.17) is 16.3 Å². The van der Waals surface area contributed by atoms with E-state index in [1.54, 1.807) is 31.4 Å². The van der Waals surface area contributed by atoms with Crippen molar-refractivity contribution in [2.45, 2.75) is 13.3 Å². The molecule has 1 atom stereocenters. The van der Waals surface area contributed by atoms with Gasteiger partial charge in [-0.25, -0.2) is 9.38 Å². The molecule has 2 aromatic carbocycles. The lowest BCUT2D eigenvalue weighted by atomic mass is 10.1. The predicted octanol–water partition coefficient (Wildman–Crippen LogP) is 5.00. The van der Waals surface area contributed by atoms with Gasteiger partial charge >= 0.3 is 0 Å². The Labute approximate surface area is 179 Å². The molecular formula is C22H22ClFN4O2. The summed E-state index contributed by atoms with van der Waals surface area (Å²) in [6, 6.07) is 14.6. The Morgan fingerprint density at radius 3 is 2.73 bits per heavy atom. The third-order valence-corrected chi connectivity index (χ3v) is 4.56. The minimum Gasteiger partial charge on any atom is -0.384 e. The van der Waals surface area contributed by atoms with E-state index in [1.165, 1.54) is 18.2 Å². The maximum Gasteiger partial charge on any atom is 0.256 e. The maximum absolute atomic E-state index is 13.5. The van der Waals surface area contributed by atoms with Crippen molar-refractivity contribution >= 4 is 29.2 Å². The lowest BCUT2D eigenvalue weighted by Crippen LogP contribution is -2.32. The minimum atomic E-state index is -0.478. The Balaban J connectivity index is 1.83. The molecule has 0 spiro atoms. The molecule has 0 radical (unpaired) electrons. The number of carbonyl (C=O) groups is 1. The highest BCUT2D eigenvalue weighted by molar-refractivity contribution is 6.30. The lowest BCUT2D eigenvalue weighted by molar-refractivity contribution is 0.0974. The summed E-state index contributed by atoms with van der Waals surface area (Å²) in [6.45, 7) is 2.49. The second kappa shape index (κ2) is 10.1. The van der Waals surface area contributed by atoms with Crippen LogP contribution < -0.4 is 5.32 Å². The third-order valence-electron chi connectivity index (χ3n) is 4.31. The molecule has 30 heavy (non-hydrogen) atoms. The molecule has 0 saturated heterocycles. The second-order valence-electron chi connectivity index (χ2n) is 6.93. The van der Waals surface area contributed by atoms with E-state index in [1.807, 2.05) is 19.1 Å². The normalized spacial score (nSPS) is 12.6. The molecule has 156 valence electrons. The van der Waals surface area contributed by atoms with Crippen LogP contribution in [0.25, 0.3) is 11.3 Å². The first kappa shape index (κ1) is 21.7. The molecule has 1 aromatic heterocycles. The summed E-state index contributed by atoms with van der Waals surface area (Å²) in [6.07, 6.45) is 0.456. The summed E-state index contributed by atoms with van der Waals surface area (Å²) >= 11 is 5.93. The number of benzene rings is 2. The van der Waals surface area contributed by atoms with E-state index in [0.29, 0.717) is 29.7 Å². The molecule has 1 amide bonds. The van der Waals surface area contributed by atoms with Crippen LogP contribution >= 0.6 is 11.6 Å². The van der Waals surface area contributed by atoms with Crippen molar-refractivity contribution in [3.63, 3.8) is 0 Å². The molecule has 0 aliphatic rings. The van der Waals surface area contributed by atoms with Crippen LogP contribution in [0.5, 0.6) is 0 Å². The van der Waals surface area contributed by atoms with E-state index in [2.05, 4.69) is 20.5 Å². The van der Waals surface area contributed by atoms with Crippen molar-refractivity contribution in [3.8, 4) is 11.3 Å².